The highest BCUT2D eigenvalue weighted by molar-refractivity contribution is 6.31. The molecule has 0 radical (unpaired) electrons. The second-order valence-corrected chi connectivity index (χ2v) is 5.07. The molecule has 0 amide bonds. The minimum Gasteiger partial charge on any atom is -0.310 e. The van der Waals surface area contributed by atoms with E-state index in [1.165, 1.54) is 18.4 Å². The maximum Gasteiger partial charge on any atom is 0.0874 e. The molecule has 1 saturated carbocycles. The Morgan fingerprint density at radius 1 is 1.50 bits per heavy atom. The van der Waals surface area contributed by atoms with Crippen LogP contribution in [0.15, 0.2) is 24.7 Å². The van der Waals surface area contributed by atoms with E-state index in [2.05, 4.69) is 15.4 Å². The zero-order valence-corrected chi connectivity index (χ0v) is 11.0. The Bertz CT molecular complexity index is 540. The van der Waals surface area contributed by atoms with Crippen LogP contribution < -0.4 is 5.32 Å². The first-order chi connectivity index (χ1) is 8.74. The van der Waals surface area contributed by atoms with Gasteiger partial charge in [0.25, 0.3) is 0 Å². The molecule has 2 heterocycles. The molecular formula is C13H15ClN4. The van der Waals surface area contributed by atoms with Crippen LogP contribution in [0.1, 0.15) is 24.1 Å². The molecule has 1 N–H and O–H groups in total. The Balaban J connectivity index is 1.89. The van der Waals surface area contributed by atoms with E-state index in [-0.39, 0.29) is 0 Å². The zero-order chi connectivity index (χ0) is 12.5. The summed E-state index contributed by atoms with van der Waals surface area (Å²) in [5.41, 5.74) is 3.01. The fraction of sp³-hybridized carbons (Fsp3) is 0.385. The van der Waals surface area contributed by atoms with E-state index in [1.54, 1.807) is 4.68 Å². The van der Waals surface area contributed by atoms with Crippen molar-refractivity contribution in [3.05, 3.63) is 40.9 Å². The van der Waals surface area contributed by atoms with Crippen LogP contribution in [0.25, 0.3) is 5.69 Å². The van der Waals surface area contributed by atoms with Crippen molar-refractivity contribution in [3.8, 4) is 5.69 Å². The molecule has 0 unspecified atom stereocenters. The molecule has 4 nitrogen and oxygen atoms in total. The topological polar surface area (TPSA) is 42.7 Å². The lowest BCUT2D eigenvalue weighted by atomic mass is 10.2. The first-order valence-electron chi connectivity index (χ1n) is 6.12. The van der Waals surface area contributed by atoms with Crippen molar-refractivity contribution in [2.24, 2.45) is 0 Å². The second kappa shape index (κ2) is 4.71. The minimum absolute atomic E-state index is 0.681. The van der Waals surface area contributed by atoms with Crippen LogP contribution in [-0.4, -0.2) is 20.8 Å². The summed E-state index contributed by atoms with van der Waals surface area (Å²) in [6.45, 7) is 2.75. The Labute approximate surface area is 111 Å². The van der Waals surface area contributed by atoms with Crippen LogP contribution in [0, 0.1) is 6.92 Å². The molecule has 0 bridgehead atoms. The number of aromatic nitrogens is 3. The quantitative estimate of drug-likeness (QED) is 0.921. The van der Waals surface area contributed by atoms with Crippen molar-refractivity contribution in [1.29, 1.82) is 0 Å². The lowest BCUT2D eigenvalue weighted by molar-refractivity contribution is 0.679. The molecule has 0 aliphatic heterocycles. The molecule has 5 heteroatoms. The molecule has 3 rings (SSSR count). The van der Waals surface area contributed by atoms with Crippen molar-refractivity contribution in [2.45, 2.75) is 32.4 Å². The maximum absolute atomic E-state index is 6.05. The van der Waals surface area contributed by atoms with E-state index >= 15 is 0 Å². The van der Waals surface area contributed by atoms with Gasteiger partial charge < -0.3 is 5.32 Å². The molecule has 94 valence electrons. The lowest BCUT2D eigenvalue weighted by Crippen LogP contribution is -2.17. The third-order valence-electron chi connectivity index (χ3n) is 3.13. The molecule has 1 aliphatic carbocycles. The minimum atomic E-state index is 0.681. The normalized spacial score (nSPS) is 15.0. The number of nitrogens with zero attached hydrogens (tertiary/aromatic N) is 3. The number of halogens is 1. The van der Waals surface area contributed by atoms with E-state index < -0.39 is 0 Å². The summed E-state index contributed by atoms with van der Waals surface area (Å²) in [5.74, 6) is 0. The molecule has 0 saturated heterocycles. The largest absolute Gasteiger partial charge is 0.310 e. The van der Waals surface area contributed by atoms with Crippen molar-refractivity contribution in [1.82, 2.24) is 20.1 Å². The molecule has 0 atom stereocenters. The Morgan fingerprint density at radius 3 is 3.00 bits per heavy atom. The highest BCUT2D eigenvalue weighted by Gasteiger charge is 2.20. The molecule has 2 aromatic heterocycles. The van der Waals surface area contributed by atoms with Crippen molar-refractivity contribution in [2.75, 3.05) is 0 Å². The summed E-state index contributed by atoms with van der Waals surface area (Å²) in [4.78, 5) is 4.17. The van der Waals surface area contributed by atoms with Crippen molar-refractivity contribution in [3.63, 3.8) is 0 Å². The summed E-state index contributed by atoms with van der Waals surface area (Å²) in [5, 5.41) is 8.58. The number of rotatable bonds is 4. The Hall–Kier alpha value is -1.39. The van der Waals surface area contributed by atoms with E-state index in [9.17, 15) is 0 Å². The van der Waals surface area contributed by atoms with Gasteiger partial charge in [0.05, 0.1) is 22.6 Å². The van der Waals surface area contributed by atoms with Crippen LogP contribution in [-0.2, 0) is 6.54 Å². The van der Waals surface area contributed by atoms with E-state index in [0.29, 0.717) is 11.1 Å². The van der Waals surface area contributed by atoms with Crippen LogP contribution in [0.3, 0.4) is 0 Å². The SMILES string of the molecule is Cc1nn(-c2cnccc2CNC2CC2)cc1Cl. The molecular weight excluding hydrogens is 248 g/mol. The van der Waals surface area contributed by atoms with Gasteiger partial charge in [-0.2, -0.15) is 5.10 Å². The molecule has 18 heavy (non-hydrogen) atoms. The van der Waals surface area contributed by atoms with Gasteiger partial charge in [0, 0.05) is 25.0 Å². The zero-order valence-electron chi connectivity index (χ0n) is 10.2. The van der Waals surface area contributed by atoms with Gasteiger partial charge in [0.1, 0.15) is 0 Å². The summed E-state index contributed by atoms with van der Waals surface area (Å²) < 4.78 is 1.80. The van der Waals surface area contributed by atoms with Gasteiger partial charge >= 0.3 is 0 Å². The van der Waals surface area contributed by atoms with Crippen LogP contribution in [0.2, 0.25) is 5.02 Å². The summed E-state index contributed by atoms with van der Waals surface area (Å²) in [6, 6.07) is 2.71. The molecule has 2 aromatic rings. The van der Waals surface area contributed by atoms with E-state index in [1.807, 2.05) is 31.6 Å². The number of hydrogen-bond acceptors (Lipinski definition) is 3. The number of hydrogen-bond donors (Lipinski definition) is 1. The number of pyridine rings is 1. The maximum atomic E-state index is 6.05. The smallest absolute Gasteiger partial charge is 0.0874 e. The highest BCUT2D eigenvalue weighted by atomic mass is 35.5. The fourth-order valence-electron chi connectivity index (χ4n) is 1.87. The van der Waals surface area contributed by atoms with Crippen molar-refractivity contribution >= 4 is 11.6 Å². The average molecular weight is 263 g/mol. The van der Waals surface area contributed by atoms with E-state index in [0.717, 1.165) is 17.9 Å². The van der Waals surface area contributed by atoms with Gasteiger partial charge in [-0.1, -0.05) is 11.6 Å². The monoisotopic (exact) mass is 262 g/mol. The van der Waals surface area contributed by atoms with Gasteiger partial charge in [-0.3, -0.25) is 4.98 Å². The first kappa shape index (κ1) is 11.7. The lowest BCUT2D eigenvalue weighted by Gasteiger charge is -2.09. The van der Waals surface area contributed by atoms with Gasteiger partial charge in [-0.05, 0) is 31.4 Å². The van der Waals surface area contributed by atoms with Gasteiger partial charge in [-0.15, -0.1) is 0 Å². The predicted molar refractivity (Wildman–Crippen MR) is 71.0 cm³/mol. The van der Waals surface area contributed by atoms with Crippen LogP contribution >= 0.6 is 11.6 Å². The summed E-state index contributed by atoms with van der Waals surface area (Å²) >= 11 is 6.05. The molecule has 1 fully saturated rings. The number of nitrogens with one attached hydrogen (secondary N) is 1. The third-order valence-corrected chi connectivity index (χ3v) is 3.50. The van der Waals surface area contributed by atoms with Crippen LogP contribution in [0.4, 0.5) is 0 Å². The Morgan fingerprint density at radius 2 is 2.33 bits per heavy atom. The molecule has 0 spiro atoms. The molecule has 0 aromatic carbocycles. The van der Waals surface area contributed by atoms with Gasteiger partial charge in [0.15, 0.2) is 0 Å². The number of aryl methyl sites for hydroxylation is 1. The standard InChI is InChI=1S/C13H15ClN4/c1-9-12(14)8-18(17-9)13-7-15-5-4-10(13)6-16-11-2-3-11/h4-5,7-8,11,16H,2-3,6H2,1H3. The fourth-order valence-corrected chi connectivity index (χ4v) is 2.01. The average Bonchev–Trinajstić information content (AvgIpc) is 3.14. The Kier molecular flexibility index (Phi) is 3.06. The highest BCUT2D eigenvalue weighted by Crippen LogP contribution is 2.21. The summed E-state index contributed by atoms with van der Waals surface area (Å²) in [7, 11) is 0. The first-order valence-corrected chi connectivity index (χ1v) is 6.50. The second-order valence-electron chi connectivity index (χ2n) is 4.67. The molecule has 1 aliphatic rings. The third kappa shape index (κ3) is 2.40. The predicted octanol–water partition coefficient (Wildman–Crippen LogP) is 2.48. The van der Waals surface area contributed by atoms with Gasteiger partial charge in [0.2, 0.25) is 0 Å². The van der Waals surface area contributed by atoms with Gasteiger partial charge in [-0.25, -0.2) is 4.68 Å². The van der Waals surface area contributed by atoms with E-state index in [4.69, 9.17) is 11.6 Å². The van der Waals surface area contributed by atoms with Crippen molar-refractivity contribution < 1.29 is 0 Å². The summed E-state index contributed by atoms with van der Waals surface area (Å²) in [6.07, 6.45) is 8.03. The van der Waals surface area contributed by atoms with Crippen LogP contribution in [0.5, 0.6) is 0 Å².